The van der Waals surface area contributed by atoms with Gasteiger partial charge in [-0.2, -0.15) is 12.6 Å². The summed E-state index contributed by atoms with van der Waals surface area (Å²) in [5.74, 6) is 0.910. The van der Waals surface area contributed by atoms with E-state index in [1.807, 2.05) is 0 Å². The zero-order valence-electron chi connectivity index (χ0n) is 8.29. The molecule has 0 spiro atoms. The molecule has 2 heteroatoms. The van der Waals surface area contributed by atoms with Crippen molar-refractivity contribution in [1.29, 1.82) is 0 Å². The highest BCUT2D eigenvalue weighted by Gasteiger charge is 2.23. The van der Waals surface area contributed by atoms with E-state index in [4.69, 9.17) is 0 Å². The van der Waals surface area contributed by atoms with Crippen molar-refractivity contribution in [3.8, 4) is 0 Å². The molecule has 2 unspecified atom stereocenters. The SMILES string of the molecule is CN(C)CCCC1CCCC1S. The highest BCUT2D eigenvalue weighted by molar-refractivity contribution is 7.81. The summed E-state index contributed by atoms with van der Waals surface area (Å²) in [4.78, 5) is 2.27. The van der Waals surface area contributed by atoms with Gasteiger partial charge >= 0.3 is 0 Å². The van der Waals surface area contributed by atoms with Gasteiger partial charge in [-0.15, -0.1) is 0 Å². The van der Waals surface area contributed by atoms with E-state index in [1.165, 1.54) is 38.6 Å². The second-order valence-corrected chi connectivity index (χ2v) is 4.87. The van der Waals surface area contributed by atoms with E-state index in [-0.39, 0.29) is 0 Å². The van der Waals surface area contributed by atoms with Gasteiger partial charge in [-0.05, 0) is 52.2 Å². The molecule has 0 bridgehead atoms. The maximum atomic E-state index is 4.60. The van der Waals surface area contributed by atoms with Gasteiger partial charge in [0.15, 0.2) is 0 Å². The maximum absolute atomic E-state index is 4.60. The molecule has 0 aromatic carbocycles. The van der Waals surface area contributed by atoms with Crippen LogP contribution in [0.5, 0.6) is 0 Å². The lowest BCUT2D eigenvalue weighted by Crippen LogP contribution is -2.15. The summed E-state index contributed by atoms with van der Waals surface area (Å²) >= 11 is 4.60. The second kappa shape index (κ2) is 5.13. The monoisotopic (exact) mass is 187 g/mol. The standard InChI is InChI=1S/C10H21NS/c1-11(2)8-4-6-9-5-3-7-10(9)12/h9-10,12H,3-8H2,1-2H3. The smallest absolute Gasteiger partial charge is 0.00450 e. The molecule has 0 saturated heterocycles. The van der Waals surface area contributed by atoms with Crippen molar-refractivity contribution in [2.24, 2.45) is 5.92 Å². The van der Waals surface area contributed by atoms with Crippen LogP contribution in [0.2, 0.25) is 0 Å². The van der Waals surface area contributed by atoms with E-state index < -0.39 is 0 Å². The third-order valence-corrected chi connectivity index (χ3v) is 3.48. The van der Waals surface area contributed by atoms with Crippen molar-refractivity contribution < 1.29 is 0 Å². The molecule has 0 aromatic heterocycles. The summed E-state index contributed by atoms with van der Waals surface area (Å²) < 4.78 is 0. The van der Waals surface area contributed by atoms with E-state index >= 15 is 0 Å². The van der Waals surface area contributed by atoms with E-state index in [1.54, 1.807) is 0 Å². The lowest BCUT2D eigenvalue weighted by Gasteiger charge is -2.15. The predicted molar refractivity (Wildman–Crippen MR) is 57.9 cm³/mol. The minimum Gasteiger partial charge on any atom is -0.309 e. The lowest BCUT2D eigenvalue weighted by molar-refractivity contribution is 0.369. The first-order valence-corrected chi connectivity index (χ1v) is 5.54. The van der Waals surface area contributed by atoms with Crippen LogP contribution in [0.15, 0.2) is 0 Å². The number of nitrogens with zero attached hydrogens (tertiary/aromatic N) is 1. The average Bonchev–Trinajstić information content (AvgIpc) is 2.36. The third kappa shape index (κ3) is 3.36. The molecule has 0 aliphatic heterocycles. The Kier molecular flexibility index (Phi) is 4.44. The fourth-order valence-corrected chi connectivity index (χ4v) is 2.50. The van der Waals surface area contributed by atoms with Crippen LogP contribution in [0.1, 0.15) is 32.1 Å². The number of rotatable bonds is 4. The molecule has 1 aliphatic rings. The zero-order valence-corrected chi connectivity index (χ0v) is 9.19. The quantitative estimate of drug-likeness (QED) is 0.662. The van der Waals surface area contributed by atoms with Crippen LogP contribution >= 0.6 is 12.6 Å². The van der Waals surface area contributed by atoms with Gasteiger partial charge in [0, 0.05) is 5.25 Å². The summed E-state index contributed by atoms with van der Waals surface area (Å²) in [7, 11) is 4.29. The maximum Gasteiger partial charge on any atom is 0.00450 e. The van der Waals surface area contributed by atoms with Gasteiger partial charge < -0.3 is 4.90 Å². The first kappa shape index (κ1) is 10.4. The molecule has 1 saturated carbocycles. The van der Waals surface area contributed by atoms with Crippen molar-refractivity contribution in [2.45, 2.75) is 37.4 Å². The highest BCUT2D eigenvalue weighted by Crippen LogP contribution is 2.32. The van der Waals surface area contributed by atoms with E-state index in [2.05, 4.69) is 31.6 Å². The van der Waals surface area contributed by atoms with Crippen LogP contribution in [0.25, 0.3) is 0 Å². The summed E-state index contributed by atoms with van der Waals surface area (Å²) in [5.41, 5.74) is 0. The normalized spacial score (nSPS) is 30.0. The van der Waals surface area contributed by atoms with Crippen LogP contribution in [0, 0.1) is 5.92 Å². The first-order valence-electron chi connectivity index (χ1n) is 5.03. The van der Waals surface area contributed by atoms with Crippen LogP contribution < -0.4 is 0 Å². The van der Waals surface area contributed by atoms with Gasteiger partial charge in [-0.1, -0.05) is 6.42 Å². The molecule has 0 N–H and O–H groups in total. The molecule has 0 heterocycles. The third-order valence-electron chi connectivity index (χ3n) is 2.80. The Labute approximate surface area is 81.9 Å². The molecule has 1 aliphatic carbocycles. The fourth-order valence-electron chi connectivity index (χ4n) is 2.02. The topological polar surface area (TPSA) is 3.24 Å². The van der Waals surface area contributed by atoms with Gasteiger partial charge in [-0.3, -0.25) is 0 Å². The summed E-state index contributed by atoms with van der Waals surface area (Å²) in [6, 6.07) is 0. The summed E-state index contributed by atoms with van der Waals surface area (Å²) in [5, 5.41) is 0.701. The molecule has 2 atom stereocenters. The Hall–Kier alpha value is 0.310. The Morgan fingerprint density at radius 1 is 1.33 bits per heavy atom. The molecule has 1 fully saturated rings. The summed E-state index contributed by atoms with van der Waals surface area (Å²) in [6.45, 7) is 1.23. The minimum absolute atomic E-state index is 0.701. The van der Waals surface area contributed by atoms with Gasteiger partial charge in [0.2, 0.25) is 0 Å². The molecule has 0 amide bonds. The lowest BCUT2D eigenvalue weighted by atomic mass is 10.0. The van der Waals surface area contributed by atoms with Crippen LogP contribution in [-0.4, -0.2) is 30.8 Å². The predicted octanol–water partition coefficient (Wildman–Crippen LogP) is 2.43. The van der Waals surface area contributed by atoms with Crippen molar-refractivity contribution in [1.82, 2.24) is 4.90 Å². The molecule has 72 valence electrons. The second-order valence-electron chi connectivity index (χ2n) is 4.20. The van der Waals surface area contributed by atoms with Crippen LogP contribution in [-0.2, 0) is 0 Å². The Morgan fingerprint density at radius 2 is 2.08 bits per heavy atom. The van der Waals surface area contributed by atoms with Gasteiger partial charge in [0.05, 0.1) is 0 Å². The Morgan fingerprint density at radius 3 is 2.58 bits per heavy atom. The van der Waals surface area contributed by atoms with Gasteiger partial charge in [-0.25, -0.2) is 0 Å². The summed E-state index contributed by atoms with van der Waals surface area (Å²) in [6.07, 6.45) is 6.89. The molecular weight excluding hydrogens is 166 g/mol. The molecule has 12 heavy (non-hydrogen) atoms. The molecule has 1 nitrogen and oxygen atoms in total. The van der Waals surface area contributed by atoms with Crippen molar-refractivity contribution in [3.63, 3.8) is 0 Å². The Balaban J connectivity index is 2.06. The van der Waals surface area contributed by atoms with Crippen LogP contribution in [0.3, 0.4) is 0 Å². The zero-order chi connectivity index (χ0) is 8.97. The number of hydrogen-bond donors (Lipinski definition) is 1. The number of hydrogen-bond acceptors (Lipinski definition) is 2. The minimum atomic E-state index is 0.701. The van der Waals surface area contributed by atoms with Crippen molar-refractivity contribution >= 4 is 12.6 Å². The molecular formula is C10H21NS. The fraction of sp³-hybridized carbons (Fsp3) is 1.00. The van der Waals surface area contributed by atoms with E-state index in [9.17, 15) is 0 Å². The van der Waals surface area contributed by atoms with Gasteiger partial charge in [0.25, 0.3) is 0 Å². The van der Waals surface area contributed by atoms with Crippen molar-refractivity contribution in [2.75, 3.05) is 20.6 Å². The van der Waals surface area contributed by atoms with Crippen molar-refractivity contribution in [3.05, 3.63) is 0 Å². The molecule has 1 rings (SSSR count). The average molecular weight is 187 g/mol. The highest BCUT2D eigenvalue weighted by atomic mass is 32.1. The van der Waals surface area contributed by atoms with Crippen LogP contribution in [0.4, 0.5) is 0 Å². The van der Waals surface area contributed by atoms with E-state index in [0.29, 0.717) is 5.25 Å². The number of thiol groups is 1. The molecule has 0 aromatic rings. The van der Waals surface area contributed by atoms with Gasteiger partial charge in [0.1, 0.15) is 0 Å². The first-order chi connectivity index (χ1) is 5.70. The Bertz CT molecular complexity index is 125. The van der Waals surface area contributed by atoms with E-state index in [0.717, 1.165) is 5.92 Å². The largest absolute Gasteiger partial charge is 0.309 e. The molecule has 0 radical (unpaired) electrons.